The van der Waals surface area contributed by atoms with Crippen LogP contribution >= 0.6 is 11.3 Å². The van der Waals surface area contributed by atoms with Crippen LogP contribution in [-0.2, 0) is 0 Å². The Morgan fingerprint density at radius 1 is 1.50 bits per heavy atom. The first kappa shape index (κ1) is 8.76. The van der Waals surface area contributed by atoms with Gasteiger partial charge in [0.1, 0.15) is 5.51 Å². The highest BCUT2D eigenvalue weighted by Gasteiger charge is 1.90. The molecule has 0 unspecified atom stereocenters. The molecule has 70 valence electrons. The first-order valence-corrected chi connectivity index (χ1v) is 4.78. The van der Waals surface area contributed by atoms with Crippen molar-refractivity contribution in [3.8, 4) is 0 Å². The van der Waals surface area contributed by atoms with Gasteiger partial charge >= 0.3 is 0 Å². The number of hydrogen-bond donors (Lipinski definition) is 1. The molecule has 0 saturated carbocycles. The van der Waals surface area contributed by atoms with Gasteiger partial charge in [-0.2, -0.15) is 5.10 Å². The van der Waals surface area contributed by atoms with Crippen molar-refractivity contribution in [2.75, 3.05) is 5.43 Å². The fourth-order valence-electron chi connectivity index (χ4n) is 0.836. The average molecular weight is 205 g/mol. The maximum Gasteiger partial charge on any atom is 0.225 e. The number of anilines is 1. The van der Waals surface area contributed by atoms with E-state index in [1.165, 1.54) is 11.3 Å². The van der Waals surface area contributed by atoms with Crippen LogP contribution in [0, 0.1) is 0 Å². The summed E-state index contributed by atoms with van der Waals surface area (Å²) in [5.74, 6) is 0. The molecule has 2 aromatic rings. The molecule has 0 amide bonds. The molecule has 2 rings (SSSR count). The molecule has 5 nitrogen and oxygen atoms in total. The van der Waals surface area contributed by atoms with Crippen LogP contribution < -0.4 is 5.43 Å². The van der Waals surface area contributed by atoms with Gasteiger partial charge < -0.3 is 0 Å². The lowest BCUT2D eigenvalue weighted by atomic mass is 10.3. The van der Waals surface area contributed by atoms with Gasteiger partial charge in [-0.25, -0.2) is 0 Å². The molecule has 2 heterocycles. The molecule has 0 aromatic carbocycles. The van der Waals surface area contributed by atoms with E-state index in [9.17, 15) is 0 Å². The van der Waals surface area contributed by atoms with Crippen molar-refractivity contribution in [1.29, 1.82) is 0 Å². The first-order chi connectivity index (χ1) is 6.95. The molecule has 14 heavy (non-hydrogen) atoms. The lowest BCUT2D eigenvalue weighted by Gasteiger charge is -1.91. The maximum atomic E-state index is 3.98. The largest absolute Gasteiger partial charge is 0.264 e. The Labute approximate surface area is 84.5 Å². The van der Waals surface area contributed by atoms with Crippen LogP contribution in [0.4, 0.5) is 5.13 Å². The minimum atomic E-state index is 0.671. The summed E-state index contributed by atoms with van der Waals surface area (Å²) in [4.78, 5) is 3.96. The Kier molecular flexibility index (Phi) is 2.77. The van der Waals surface area contributed by atoms with Gasteiger partial charge in [-0.15, -0.1) is 10.2 Å². The van der Waals surface area contributed by atoms with Crippen molar-refractivity contribution in [3.05, 3.63) is 35.6 Å². The summed E-state index contributed by atoms with van der Waals surface area (Å²) in [6, 6.07) is 3.77. The second kappa shape index (κ2) is 4.43. The van der Waals surface area contributed by atoms with Gasteiger partial charge in [0.15, 0.2) is 0 Å². The van der Waals surface area contributed by atoms with Crippen molar-refractivity contribution in [1.82, 2.24) is 15.2 Å². The number of nitrogens with zero attached hydrogens (tertiary/aromatic N) is 4. The molecule has 0 aliphatic rings. The molecule has 0 radical (unpaired) electrons. The third kappa shape index (κ3) is 2.33. The van der Waals surface area contributed by atoms with Gasteiger partial charge in [-0.3, -0.25) is 10.4 Å². The number of hydrogen-bond acceptors (Lipinski definition) is 6. The predicted molar refractivity (Wildman–Crippen MR) is 55.4 cm³/mol. The summed E-state index contributed by atoms with van der Waals surface area (Å²) in [6.07, 6.45) is 5.12. The number of hydrazone groups is 1. The highest BCUT2D eigenvalue weighted by molar-refractivity contribution is 7.13. The van der Waals surface area contributed by atoms with Crippen molar-refractivity contribution >= 4 is 22.7 Å². The van der Waals surface area contributed by atoms with Crippen LogP contribution in [0.5, 0.6) is 0 Å². The van der Waals surface area contributed by atoms with Gasteiger partial charge in [0.05, 0.1) is 6.21 Å². The minimum Gasteiger partial charge on any atom is -0.264 e. The lowest BCUT2D eigenvalue weighted by molar-refractivity contribution is 1.08. The van der Waals surface area contributed by atoms with Gasteiger partial charge in [0.2, 0.25) is 5.13 Å². The van der Waals surface area contributed by atoms with E-state index in [1.807, 2.05) is 12.1 Å². The summed E-state index contributed by atoms with van der Waals surface area (Å²) in [7, 11) is 0. The fourth-order valence-corrected chi connectivity index (χ4v) is 1.23. The summed E-state index contributed by atoms with van der Waals surface area (Å²) in [5.41, 5.74) is 5.34. The Bertz CT molecular complexity index is 397. The number of aromatic nitrogens is 3. The van der Waals surface area contributed by atoms with Crippen LogP contribution in [0.1, 0.15) is 5.56 Å². The average Bonchev–Trinajstić information content (AvgIpc) is 2.72. The molecule has 0 saturated heterocycles. The molecule has 6 heteroatoms. The van der Waals surface area contributed by atoms with Gasteiger partial charge in [0.25, 0.3) is 0 Å². The van der Waals surface area contributed by atoms with E-state index < -0.39 is 0 Å². The van der Waals surface area contributed by atoms with E-state index in [4.69, 9.17) is 0 Å². The van der Waals surface area contributed by atoms with Crippen molar-refractivity contribution in [2.24, 2.45) is 5.10 Å². The van der Waals surface area contributed by atoms with E-state index >= 15 is 0 Å². The minimum absolute atomic E-state index is 0.671. The SMILES string of the molecule is C(=N\Nc1nncs1)/c1cccnc1. The van der Waals surface area contributed by atoms with E-state index in [-0.39, 0.29) is 0 Å². The standard InChI is InChI=1S/C8H7N5S/c1-2-7(4-9-3-1)5-10-12-8-13-11-6-14-8/h1-6H,(H,12,13)/b10-5+. The van der Waals surface area contributed by atoms with E-state index in [1.54, 1.807) is 24.1 Å². The fraction of sp³-hybridized carbons (Fsp3) is 0. The Hall–Kier alpha value is -1.82. The maximum absolute atomic E-state index is 3.98. The van der Waals surface area contributed by atoms with Gasteiger partial charge in [-0.05, 0) is 6.07 Å². The van der Waals surface area contributed by atoms with Gasteiger partial charge in [-0.1, -0.05) is 17.4 Å². The lowest BCUT2D eigenvalue weighted by Crippen LogP contribution is -1.90. The van der Waals surface area contributed by atoms with Crippen LogP contribution in [0.2, 0.25) is 0 Å². The number of nitrogens with one attached hydrogen (secondary N) is 1. The second-order valence-electron chi connectivity index (χ2n) is 2.40. The molecule has 0 bridgehead atoms. The number of pyridine rings is 1. The Morgan fingerprint density at radius 3 is 3.21 bits per heavy atom. The third-order valence-electron chi connectivity index (χ3n) is 1.42. The molecule has 1 N–H and O–H groups in total. The zero-order valence-corrected chi connectivity index (χ0v) is 7.98. The summed E-state index contributed by atoms with van der Waals surface area (Å²) in [6.45, 7) is 0. The highest BCUT2D eigenvalue weighted by atomic mass is 32.1. The molecule has 0 atom stereocenters. The van der Waals surface area contributed by atoms with Crippen molar-refractivity contribution in [2.45, 2.75) is 0 Å². The monoisotopic (exact) mass is 205 g/mol. The molecule has 0 aliphatic carbocycles. The Morgan fingerprint density at radius 2 is 2.50 bits per heavy atom. The summed E-state index contributed by atoms with van der Waals surface area (Å²) >= 11 is 1.40. The zero-order valence-electron chi connectivity index (χ0n) is 7.16. The smallest absolute Gasteiger partial charge is 0.225 e. The molecular formula is C8H7N5S. The van der Waals surface area contributed by atoms with E-state index in [0.717, 1.165) is 5.56 Å². The van der Waals surface area contributed by atoms with Crippen LogP contribution in [-0.4, -0.2) is 21.4 Å². The number of rotatable bonds is 3. The topological polar surface area (TPSA) is 63.1 Å². The van der Waals surface area contributed by atoms with E-state index in [0.29, 0.717) is 5.13 Å². The van der Waals surface area contributed by atoms with E-state index in [2.05, 4.69) is 25.7 Å². The first-order valence-electron chi connectivity index (χ1n) is 3.90. The second-order valence-corrected chi connectivity index (χ2v) is 3.23. The molecule has 2 aromatic heterocycles. The van der Waals surface area contributed by atoms with Crippen molar-refractivity contribution < 1.29 is 0 Å². The van der Waals surface area contributed by atoms with Crippen LogP contribution in [0.15, 0.2) is 35.1 Å². The molecular weight excluding hydrogens is 198 g/mol. The molecule has 0 fully saturated rings. The summed E-state index contributed by atoms with van der Waals surface area (Å²) < 4.78 is 0. The Balaban J connectivity index is 1.96. The highest BCUT2D eigenvalue weighted by Crippen LogP contribution is 2.06. The normalized spacial score (nSPS) is 10.6. The predicted octanol–water partition coefficient (Wildman–Crippen LogP) is 1.38. The zero-order chi connectivity index (χ0) is 9.64. The quantitative estimate of drug-likeness (QED) is 0.607. The van der Waals surface area contributed by atoms with Crippen LogP contribution in [0.25, 0.3) is 0 Å². The molecule has 0 aliphatic heterocycles. The third-order valence-corrected chi connectivity index (χ3v) is 2.01. The van der Waals surface area contributed by atoms with Crippen LogP contribution in [0.3, 0.4) is 0 Å². The van der Waals surface area contributed by atoms with Gasteiger partial charge in [0, 0.05) is 18.0 Å². The van der Waals surface area contributed by atoms with Crippen molar-refractivity contribution in [3.63, 3.8) is 0 Å². The molecule has 0 spiro atoms. The summed E-state index contributed by atoms with van der Waals surface area (Å²) in [5, 5.41) is 12.1.